The molecular formula is C29H52O6S. The second kappa shape index (κ2) is 30.2. The highest BCUT2D eigenvalue weighted by Crippen LogP contribution is 2.11. The van der Waals surface area contributed by atoms with Gasteiger partial charge in [-0.2, -0.15) is 0 Å². The Labute approximate surface area is 232 Å². The smallest absolute Gasteiger partial charge is 0.306 e. The molecule has 36 heavy (non-hydrogen) atoms. The van der Waals surface area contributed by atoms with Crippen molar-refractivity contribution in [2.75, 3.05) is 20.0 Å². The topological polar surface area (TPSA) is 93.1 Å². The van der Waals surface area contributed by atoms with E-state index >= 15 is 0 Å². The molecule has 6 nitrogen and oxygen atoms in total. The van der Waals surface area contributed by atoms with Crippen LogP contribution in [0.3, 0.4) is 0 Å². The average Bonchev–Trinajstić information content (AvgIpc) is 2.87. The van der Waals surface area contributed by atoms with Crippen LogP contribution in [0.15, 0.2) is 0 Å². The Bertz CT molecular complexity index is 928. The SMILES string of the molecule is CC#CC#CC#CC#CC#CSC(C)=O.CCCCCCCCCCCC(=O)O[C@H](CO)COCO.[HH].[HH].[HH].[HH].[HH].[HH].[HH]. The van der Waals surface area contributed by atoms with E-state index in [4.69, 9.17) is 19.7 Å². The number of unbranched alkanes of at least 4 members (excludes halogenated alkanes) is 8. The summed E-state index contributed by atoms with van der Waals surface area (Å²) in [5.74, 6) is 22.3. The Morgan fingerprint density at radius 1 is 0.833 bits per heavy atom. The molecule has 7 heteroatoms. The predicted molar refractivity (Wildman–Crippen MR) is 159 cm³/mol. The van der Waals surface area contributed by atoms with Gasteiger partial charge in [-0.25, -0.2) is 0 Å². The van der Waals surface area contributed by atoms with Gasteiger partial charge >= 0.3 is 5.97 Å². The van der Waals surface area contributed by atoms with E-state index in [-0.39, 0.29) is 34.3 Å². The molecule has 0 heterocycles. The lowest BCUT2D eigenvalue weighted by molar-refractivity contribution is -0.157. The Morgan fingerprint density at radius 2 is 1.36 bits per heavy atom. The van der Waals surface area contributed by atoms with Crippen molar-refractivity contribution in [3.63, 3.8) is 0 Å². The van der Waals surface area contributed by atoms with Gasteiger partial charge in [0, 0.05) is 35.1 Å². The van der Waals surface area contributed by atoms with Gasteiger partial charge in [0.05, 0.1) is 13.2 Å². The zero-order valence-electron chi connectivity index (χ0n) is 21.7. The van der Waals surface area contributed by atoms with Crippen molar-refractivity contribution in [1.82, 2.24) is 0 Å². The number of ether oxygens (including phenoxy) is 2. The van der Waals surface area contributed by atoms with Crippen molar-refractivity contribution in [2.24, 2.45) is 0 Å². The van der Waals surface area contributed by atoms with E-state index in [1.54, 1.807) is 6.92 Å². The van der Waals surface area contributed by atoms with E-state index < -0.39 is 12.9 Å². The fourth-order valence-corrected chi connectivity index (χ4v) is 2.75. The minimum absolute atomic E-state index is 0. The zero-order chi connectivity index (χ0) is 27.1. The second-order valence-corrected chi connectivity index (χ2v) is 8.30. The van der Waals surface area contributed by atoms with Crippen LogP contribution in [0.1, 0.15) is 95.0 Å². The molecule has 210 valence electrons. The fraction of sp³-hybridized carbons (Fsp3) is 0.586. The molecule has 0 aliphatic carbocycles. The molecule has 0 aromatic carbocycles. The zero-order valence-corrected chi connectivity index (χ0v) is 22.5. The van der Waals surface area contributed by atoms with Gasteiger partial charge in [0.2, 0.25) is 0 Å². The number of carbonyl (C=O) groups is 2. The molecule has 0 unspecified atom stereocenters. The standard InChI is InChI=1S/C16H32O5.C13H6OS.7H2/c1-2-3-4-5-6-7-8-9-10-11-16(19)21-15(12-17)13-20-14-18;1-3-4-5-6-7-8-9-10-11-12-15-13(2)14;;;;;;;/h15,17-18H,2-14H2,1H3;1-2H3;7*1H/t15-;;;;;;;;/m1......../s1. The highest BCUT2D eigenvalue weighted by Gasteiger charge is 2.13. The predicted octanol–water partition coefficient (Wildman–Crippen LogP) is 5.76. The van der Waals surface area contributed by atoms with Gasteiger partial charge in [0.25, 0.3) is 0 Å². The molecule has 0 aromatic heterocycles. The lowest BCUT2D eigenvalue weighted by atomic mass is 10.1. The average molecular weight is 529 g/mol. The van der Waals surface area contributed by atoms with Gasteiger partial charge in [-0.1, -0.05) is 64.2 Å². The number of carbonyl (C=O) groups excluding carboxylic acids is 2. The monoisotopic (exact) mass is 528 g/mol. The molecule has 1 atom stereocenters. The van der Waals surface area contributed by atoms with Gasteiger partial charge in [-0.05, 0) is 66.0 Å². The van der Waals surface area contributed by atoms with Crippen molar-refractivity contribution in [1.29, 1.82) is 0 Å². The van der Waals surface area contributed by atoms with Crippen LogP contribution in [-0.2, 0) is 19.1 Å². The summed E-state index contributed by atoms with van der Waals surface area (Å²) in [4.78, 5) is 22.0. The minimum Gasteiger partial charge on any atom is -0.457 e. The van der Waals surface area contributed by atoms with Crippen molar-refractivity contribution < 1.29 is 39.3 Å². The molecule has 0 rings (SSSR count). The Hall–Kier alpha value is -2.83. The molecule has 0 radical (unpaired) electrons. The first-order valence-electron chi connectivity index (χ1n) is 12.1. The van der Waals surface area contributed by atoms with Crippen LogP contribution in [0, 0.1) is 58.5 Å². The molecule has 0 bridgehead atoms. The number of hydrogen-bond donors (Lipinski definition) is 2. The first-order valence-corrected chi connectivity index (χ1v) is 12.9. The first kappa shape index (κ1) is 35.3. The molecule has 0 aromatic rings. The highest BCUT2D eigenvalue weighted by atomic mass is 32.2. The Kier molecular flexibility index (Phi) is 29.6. The van der Waals surface area contributed by atoms with E-state index in [0.29, 0.717) is 6.42 Å². The van der Waals surface area contributed by atoms with Crippen molar-refractivity contribution in [3.05, 3.63) is 0 Å². The van der Waals surface area contributed by atoms with Crippen molar-refractivity contribution in [2.45, 2.75) is 91.1 Å². The van der Waals surface area contributed by atoms with E-state index in [1.165, 1.54) is 45.4 Å². The minimum atomic E-state index is -0.678. The summed E-state index contributed by atoms with van der Waals surface area (Å²) in [6, 6.07) is 0. The van der Waals surface area contributed by atoms with Gasteiger partial charge in [-0.15, -0.1) is 0 Å². The maximum Gasteiger partial charge on any atom is 0.306 e. The number of aliphatic hydroxyl groups is 2. The summed E-state index contributed by atoms with van der Waals surface area (Å²) in [6.07, 6.45) is 10.5. The lowest BCUT2D eigenvalue weighted by Crippen LogP contribution is -2.27. The van der Waals surface area contributed by atoms with E-state index in [0.717, 1.165) is 31.0 Å². The van der Waals surface area contributed by atoms with E-state index in [9.17, 15) is 9.59 Å². The normalized spacial score (nSPS) is 9.36. The van der Waals surface area contributed by atoms with E-state index in [1.807, 2.05) is 0 Å². The molecule has 0 amide bonds. The quantitative estimate of drug-likeness (QED) is 0.121. The van der Waals surface area contributed by atoms with Crippen LogP contribution in [0.25, 0.3) is 0 Å². The number of aliphatic hydroxyl groups excluding tert-OH is 2. The number of hydrogen-bond acceptors (Lipinski definition) is 7. The molecule has 0 saturated carbocycles. The summed E-state index contributed by atoms with van der Waals surface area (Å²) in [5.41, 5.74) is 0. The highest BCUT2D eigenvalue weighted by molar-refractivity contribution is 8.17. The van der Waals surface area contributed by atoms with Crippen molar-refractivity contribution in [3.8, 4) is 58.5 Å². The molecule has 2 N–H and O–H groups in total. The number of thioether (sulfide) groups is 1. The Balaban J connectivity index is -0.0000000684. The largest absolute Gasteiger partial charge is 0.457 e. The molecule has 0 saturated heterocycles. The molecule has 0 spiro atoms. The van der Waals surface area contributed by atoms with Gasteiger partial charge in [0.1, 0.15) is 12.9 Å². The second-order valence-electron chi connectivity index (χ2n) is 7.32. The van der Waals surface area contributed by atoms with Gasteiger partial charge < -0.3 is 19.7 Å². The van der Waals surface area contributed by atoms with Crippen LogP contribution >= 0.6 is 11.8 Å². The van der Waals surface area contributed by atoms with Crippen molar-refractivity contribution >= 4 is 22.8 Å². The van der Waals surface area contributed by atoms with Crippen LogP contribution in [-0.4, -0.2) is 47.4 Å². The first-order chi connectivity index (χ1) is 17.5. The molecule has 0 aliphatic rings. The molecule has 0 aliphatic heterocycles. The maximum atomic E-state index is 11.5. The summed E-state index contributed by atoms with van der Waals surface area (Å²) < 4.78 is 9.75. The maximum absolute atomic E-state index is 11.5. The summed E-state index contributed by atoms with van der Waals surface area (Å²) in [6.45, 7) is 4.66. The van der Waals surface area contributed by atoms with E-state index in [2.05, 4.69) is 65.5 Å². The summed E-state index contributed by atoms with van der Waals surface area (Å²) >= 11 is 0.909. The van der Waals surface area contributed by atoms with Crippen LogP contribution in [0.2, 0.25) is 0 Å². The van der Waals surface area contributed by atoms with Crippen LogP contribution in [0.5, 0.6) is 0 Å². The summed E-state index contributed by atoms with van der Waals surface area (Å²) in [5, 5.41) is 19.9. The number of rotatable bonds is 15. The van der Waals surface area contributed by atoms with Gasteiger partial charge in [-0.3, -0.25) is 9.59 Å². The number of esters is 1. The molecule has 0 fully saturated rings. The molecular weight excluding hydrogens is 476 g/mol. The third-order valence-electron chi connectivity index (χ3n) is 4.19. The Morgan fingerprint density at radius 3 is 1.86 bits per heavy atom. The van der Waals surface area contributed by atoms with Crippen LogP contribution < -0.4 is 0 Å². The third-order valence-corrected chi connectivity index (χ3v) is 4.68. The fourth-order valence-electron chi connectivity index (χ4n) is 2.51. The summed E-state index contributed by atoms with van der Waals surface area (Å²) in [7, 11) is 0. The lowest BCUT2D eigenvalue weighted by Gasteiger charge is -2.14. The van der Waals surface area contributed by atoms with Crippen LogP contribution in [0.4, 0.5) is 0 Å². The van der Waals surface area contributed by atoms with Gasteiger partial charge in [0.15, 0.2) is 5.12 Å². The third kappa shape index (κ3) is 31.2.